The van der Waals surface area contributed by atoms with Crippen LogP contribution in [0.2, 0.25) is 0 Å². The second kappa shape index (κ2) is 8.28. The number of nitrogens with zero attached hydrogens (tertiary/aromatic N) is 4. The number of amides is 1. The molecule has 0 unspecified atom stereocenters. The fourth-order valence-corrected chi connectivity index (χ4v) is 4.27. The van der Waals surface area contributed by atoms with Gasteiger partial charge in [-0.2, -0.15) is 11.3 Å². The predicted octanol–water partition coefficient (Wildman–Crippen LogP) is 1.24. The van der Waals surface area contributed by atoms with Crippen LogP contribution in [0.5, 0.6) is 0 Å². The monoisotopic (exact) mass is 375 g/mol. The van der Waals surface area contributed by atoms with E-state index >= 15 is 0 Å². The van der Waals surface area contributed by atoms with E-state index in [1.54, 1.807) is 11.3 Å². The molecule has 4 heterocycles. The molecule has 140 valence electrons. The van der Waals surface area contributed by atoms with Gasteiger partial charge in [0.1, 0.15) is 17.8 Å². The molecule has 26 heavy (non-hydrogen) atoms. The van der Waals surface area contributed by atoms with Crippen LogP contribution in [0.3, 0.4) is 0 Å². The summed E-state index contributed by atoms with van der Waals surface area (Å²) in [5.74, 6) is 2.02. The van der Waals surface area contributed by atoms with Gasteiger partial charge in [0.05, 0.1) is 0 Å². The van der Waals surface area contributed by atoms with Crippen LogP contribution in [0.4, 0.5) is 0 Å². The Morgan fingerprint density at radius 2 is 2.31 bits per heavy atom. The number of carbonyl (C=O) groups excluding carboxylic acids is 1. The summed E-state index contributed by atoms with van der Waals surface area (Å²) in [6.07, 6.45) is 3.15. The van der Waals surface area contributed by atoms with Crippen molar-refractivity contribution < 1.29 is 9.53 Å². The van der Waals surface area contributed by atoms with Gasteiger partial charge in [-0.15, -0.1) is 10.2 Å². The summed E-state index contributed by atoms with van der Waals surface area (Å²) < 4.78 is 7.64. The Kier molecular flexibility index (Phi) is 5.62. The fraction of sp³-hybridized carbons (Fsp3) is 0.611. The minimum atomic E-state index is -0.267. The highest BCUT2D eigenvalue weighted by molar-refractivity contribution is 7.07. The molecule has 1 atom stereocenters. The Labute approximate surface area is 157 Å². The summed E-state index contributed by atoms with van der Waals surface area (Å²) in [4.78, 5) is 14.5. The molecular formula is C18H25N5O2S. The van der Waals surface area contributed by atoms with Gasteiger partial charge in [-0.1, -0.05) is 0 Å². The molecule has 2 aromatic heterocycles. The summed E-state index contributed by atoms with van der Waals surface area (Å²) in [7, 11) is 0. The maximum absolute atomic E-state index is 12.0. The Balaban J connectivity index is 1.29. The van der Waals surface area contributed by atoms with Gasteiger partial charge in [-0.3, -0.25) is 9.69 Å². The SMILES string of the molecule is O=C(NCCc1nnc2n1CCN(Cc1ccsc1)CC2)[C@H]1CCCO1. The molecule has 0 aromatic carbocycles. The van der Waals surface area contributed by atoms with E-state index in [1.807, 2.05) is 0 Å². The first kappa shape index (κ1) is 17.6. The lowest BCUT2D eigenvalue weighted by atomic mass is 10.2. The minimum absolute atomic E-state index is 0.0000400. The maximum Gasteiger partial charge on any atom is 0.249 e. The van der Waals surface area contributed by atoms with Gasteiger partial charge in [0.2, 0.25) is 5.91 Å². The summed E-state index contributed by atoms with van der Waals surface area (Å²) in [6, 6.07) is 2.19. The van der Waals surface area contributed by atoms with E-state index < -0.39 is 0 Å². The molecule has 7 nitrogen and oxygen atoms in total. The third-order valence-electron chi connectivity index (χ3n) is 5.05. The quantitative estimate of drug-likeness (QED) is 0.822. The van der Waals surface area contributed by atoms with Gasteiger partial charge in [-0.05, 0) is 35.2 Å². The number of nitrogens with one attached hydrogen (secondary N) is 1. The van der Waals surface area contributed by atoms with Crippen molar-refractivity contribution in [1.29, 1.82) is 0 Å². The molecule has 1 saturated heterocycles. The smallest absolute Gasteiger partial charge is 0.249 e. The second-order valence-electron chi connectivity index (χ2n) is 6.88. The van der Waals surface area contributed by atoms with E-state index in [1.165, 1.54) is 5.56 Å². The molecule has 2 aliphatic heterocycles. The van der Waals surface area contributed by atoms with E-state index in [0.717, 1.165) is 57.1 Å². The normalized spacial score (nSPS) is 20.7. The lowest BCUT2D eigenvalue weighted by Gasteiger charge is -2.18. The number of thiophene rings is 1. The number of hydrogen-bond donors (Lipinski definition) is 1. The maximum atomic E-state index is 12.0. The first-order chi connectivity index (χ1) is 12.8. The zero-order valence-corrected chi connectivity index (χ0v) is 15.7. The first-order valence-electron chi connectivity index (χ1n) is 9.33. The molecule has 1 N–H and O–H groups in total. The highest BCUT2D eigenvalue weighted by atomic mass is 32.1. The number of rotatable bonds is 6. The van der Waals surface area contributed by atoms with Crippen molar-refractivity contribution in [2.24, 2.45) is 0 Å². The van der Waals surface area contributed by atoms with E-state index in [-0.39, 0.29) is 12.0 Å². The predicted molar refractivity (Wildman–Crippen MR) is 99.0 cm³/mol. The second-order valence-corrected chi connectivity index (χ2v) is 7.66. The van der Waals surface area contributed by atoms with Gasteiger partial charge in [-0.25, -0.2) is 0 Å². The molecule has 1 fully saturated rings. The molecule has 0 aliphatic carbocycles. The van der Waals surface area contributed by atoms with Crippen LogP contribution in [-0.4, -0.2) is 57.9 Å². The summed E-state index contributed by atoms with van der Waals surface area (Å²) in [5.41, 5.74) is 1.38. The summed E-state index contributed by atoms with van der Waals surface area (Å²) >= 11 is 1.75. The largest absolute Gasteiger partial charge is 0.368 e. The lowest BCUT2D eigenvalue weighted by molar-refractivity contribution is -0.130. The van der Waals surface area contributed by atoms with Gasteiger partial charge >= 0.3 is 0 Å². The van der Waals surface area contributed by atoms with Crippen molar-refractivity contribution in [3.8, 4) is 0 Å². The van der Waals surface area contributed by atoms with Crippen molar-refractivity contribution in [2.45, 2.75) is 44.9 Å². The number of fused-ring (bicyclic) bond motifs is 1. The Morgan fingerprint density at radius 1 is 1.35 bits per heavy atom. The van der Waals surface area contributed by atoms with Crippen LogP contribution < -0.4 is 5.32 Å². The van der Waals surface area contributed by atoms with E-state index in [0.29, 0.717) is 19.6 Å². The molecule has 2 aliphatic rings. The standard InChI is InChI=1S/C18H25N5O2S/c24-18(15-2-1-10-25-15)19-6-3-16-20-21-17-4-7-22(8-9-23(16)17)12-14-5-11-26-13-14/h5,11,13,15H,1-4,6-10,12H2,(H,19,24)/t15-/m1/s1. The van der Waals surface area contributed by atoms with Gasteiger partial charge < -0.3 is 14.6 Å². The first-order valence-corrected chi connectivity index (χ1v) is 10.3. The highest BCUT2D eigenvalue weighted by Crippen LogP contribution is 2.15. The summed E-state index contributed by atoms with van der Waals surface area (Å²) in [5, 5.41) is 16.0. The number of hydrogen-bond acceptors (Lipinski definition) is 6. The van der Waals surface area contributed by atoms with Crippen molar-refractivity contribution in [3.63, 3.8) is 0 Å². The van der Waals surface area contributed by atoms with Crippen LogP contribution in [0.1, 0.15) is 30.1 Å². The molecule has 0 bridgehead atoms. The molecule has 8 heteroatoms. The molecule has 4 rings (SSSR count). The zero-order chi connectivity index (χ0) is 17.8. The molecular weight excluding hydrogens is 350 g/mol. The number of aromatic nitrogens is 3. The molecule has 0 saturated carbocycles. The Morgan fingerprint density at radius 3 is 3.12 bits per heavy atom. The van der Waals surface area contributed by atoms with Gasteiger partial charge in [0, 0.05) is 52.2 Å². The third-order valence-corrected chi connectivity index (χ3v) is 5.78. The number of ether oxygens (including phenoxy) is 1. The average molecular weight is 375 g/mol. The van der Waals surface area contributed by atoms with Crippen LogP contribution in [0.25, 0.3) is 0 Å². The average Bonchev–Trinajstić information content (AvgIpc) is 3.38. The third kappa shape index (κ3) is 4.13. The van der Waals surface area contributed by atoms with Gasteiger partial charge in [0.15, 0.2) is 0 Å². The zero-order valence-electron chi connectivity index (χ0n) is 14.9. The fourth-order valence-electron chi connectivity index (χ4n) is 3.61. The van der Waals surface area contributed by atoms with Crippen molar-refractivity contribution in [3.05, 3.63) is 34.0 Å². The van der Waals surface area contributed by atoms with Gasteiger partial charge in [0.25, 0.3) is 0 Å². The molecule has 0 radical (unpaired) electrons. The number of carbonyl (C=O) groups is 1. The van der Waals surface area contributed by atoms with E-state index in [2.05, 4.69) is 41.8 Å². The lowest BCUT2D eigenvalue weighted by Crippen LogP contribution is -2.35. The Bertz CT molecular complexity index is 724. The van der Waals surface area contributed by atoms with Crippen LogP contribution >= 0.6 is 11.3 Å². The van der Waals surface area contributed by atoms with Crippen molar-refractivity contribution >= 4 is 17.2 Å². The van der Waals surface area contributed by atoms with E-state index in [4.69, 9.17) is 4.74 Å². The highest BCUT2D eigenvalue weighted by Gasteiger charge is 2.23. The molecule has 0 spiro atoms. The minimum Gasteiger partial charge on any atom is -0.368 e. The topological polar surface area (TPSA) is 72.3 Å². The van der Waals surface area contributed by atoms with Crippen molar-refractivity contribution in [2.75, 3.05) is 26.2 Å². The van der Waals surface area contributed by atoms with Crippen LogP contribution in [0.15, 0.2) is 16.8 Å². The van der Waals surface area contributed by atoms with Crippen LogP contribution in [0, 0.1) is 0 Å². The molecule has 2 aromatic rings. The molecule has 1 amide bonds. The summed E-state index contributed by atoms with van der Waals surface area (Å²) in [6.45, 7) is 5.17. The Hall–Kier alpha value is -1.77. The van der Waals surface area contributed by atoms with Crippen molar-refractivity contribution in [1.82, 2.24) is 25.0 Å². The van der Waals surface area contributed by atoms with Crippen LogP contribution in [-0.2, 0) is 35.5 Å². The van der Waals surface area contributed by atoms with E-state index in [9.17, 15) is 4.79 Å².